The smallest absolute Gasteiger partial charge is 0.406 e. The Kier molecular flexibility index (Phi) is 4.71. The van der Waals surface area contributed by atoms with Crippen LogP contribution in [-0.4, -0.2) is 6.36 Å². The summed E-state index contributed by atoms with van der Waals surface area (Å²) in [6.45, 7) is 2.17. The molecule has 0 N–H and O–H groups in total. The molecule has 0 saturated heterocycles. The minimum absolute atomic E-state index is 0.217. The van der Waals surface area contributed by atoms with Gasteiger partial charge < -0.3 is 4.74 Å². The van der Waals surface area contributed by atoms with Gasteiger partial charge in [0.05, 0.1) is 0 Å². The lowest BCUT2D eigenvalue weighted by atomic mass is 9.96. The van der Waals surface area contributed by atoms with Gasteiger partial charge in [-0.25, -0.2) is 0 Å². The van der Waals surface area contributed by atoms with Crippen molar-refractivity contribution in [3.05, 3.63) is 78.4 Å². The molecule has 0 fully saturated rings. The second-order valence-electron chi connectivity index (χ2n) is 6.88. The van der Waals surface area contributed by atoms with Crippen molar-refractivity contribution in [2.75, 3.05) is 0 Å². The first-order chi connectivity index (χ1) is 13.4. The van der Waals surface area contributed by atoms with E-state index in [2.05, 4.69) is 54.1 Å². The van der Waals surface area contributed by atoms with E-state index in [4.69, 9.17) is 0 Å². The van der Waals surface area contributed by atoms with E-state index in [-0.39, 0.29) is 5.75 Å². The Balaban J connectivity index is 1.69. The van der Waals surface area contributed by atoms with Crippen LogP contribution in [0.5, 0.6) is 5.75 Å². The van der Waals surface area contributed by atoms with Gasteiger partial charge in [-0.15, -0.1) is 13.2 Å². The lowest BCUT2D eigenvalue weighted by molar-refractivity contribution is -0.274. The molecule has 0 heterocycles. The van der Waals surface area contributed by atoms with Crippen LogP contribution in [-0.2, 0) is 6.42 Å². The molecule has 142 valence electrons. The molecule has 4 aromatic rings. The van der Waals surface area contributed by atoms with Crippen LogP contribution >= 0.6 is 0 Å². The first-order valence-corrected chi connectivity index (χ1v) is 9.24. The van der Waals surface area contributed by atoms with Crippen molar-refractivity contribution >= 4 is 21.5 Å². The third-order valence-corrected chi connectivity index (χ3v) is 4.86. The monoisotopic (exact) mass is 380 g/mol. The van der Waals surface area contributed by atoms with E-state index in [0.29, 0.717) is 0 Å². The van der Waals surface area contributed by atoms with Gasteiger partial charge in [-0.2, -0.15) is 0 Å². The maximum Gasteiger partial charge on any atom is 0.573 e. The predicted molar refractivity (Wildman–Crippen MR) is 108 cm³/mol. The fourth-order valence-corrected chi connectivity index (χ4v) is 3.59. The van der Waals surface area contributed by atoms with Gasteiger partial charge in [0.1, 0.15) is 5.75 Å². The van der Waals surface area contributed by atoms with Crippen LogP contribution in [0.1, 0.15) is 18.9 Å². The van der Waals surface area contributed by atoms with Gasteiger partial charge in [-0.05, 0) is 62.9 Å². The molecule has 1 nitrogen and oxygen atoms in total. The molecule has 0 aliphatic rings. The Morgan fingerprint density at radius 3 is 1.96 bits per heavy atom. The topological polar surface area (TPSA) is 9.23 Å². The standard InChI is InChI=1S/C24H19F3O/c1-2-3-16-4-12-22-19(14-16)5-6-20-15-18(9-13-23(20)22)17-7-10-21(11-8-17)28-24(25,26)27/h4-15H,2-3H2,1H3. The molecule has 0 spiro atoms. The maximum atomic E-state index is 12.3. The lowest BCUT2D eigenvalue weighted by Crippen LogP contribution is -2.16. The maximum absolute atomic E-state index is 12.3. The molecular weight excluding hydrogens is 361 g/mol. The minimum Gasteiger partial charge on any atom is -0.406 e. The van der Waals surface area contributed by atoms with Crippen LogP contribution in [0.4, 0.5) is 13.2 Å². The zero-order valence-corrected chi connectivity index (χ0v) is 15.4. The van der Waals surface area contributed by atoms with Crippen LogP contribution in [0, 0.1) is 0 Å². The molecule has 4 aromatic carbocycles. The van der Waals surface area contributed by atoms with Crippen LogP contribution in [0.2, 0.25) is 0 Å². The summed E-state index contributed by atoms with van der Waals surface area (Å²) >= 11 is 0. The molecule has 28 heavy (non-hydrogen) atoms. The van der Waals surface area contributed by atoms with E-state index in [1.807, 2.05) is 6.07 Å². The number of rotatable bonds is 4. The molecule has 0 bridgehead atoms. The van der Waals surface area contributed by atoms with Crippen molar-refractivity contribution in [2.24, 2.45) is 0 Å². The Hall–Kier alpha value is -3.01. The first-order valence-electron chi connectivity index (χ1n) is 9.24. The molecular formula is C24H19F3O. The Morgan fingerprint density at radius 1 is 0.714 bits per heavy atom. The molecule has 0 atom stereocenters. The van der Waals surface area contributed by atoms with Gasteiger partial charge in [0.2, 0.25) is 0 Å². The Bertz CT molecular complexity index is 1130. The molecule has 4 heteroatoms. The van der Waals surface area contributed by atoms with E-state index >= 15 is 0 Å². The summed E-state index contributed by atoms with van der Waals surface area (Å²) in [6.07, 6.45) is -2.49. The van der Waals surface area contributed by atoms with E-state index in [9.17, 15) is 13.2 Å². The number of aryl methyl sites for hydroxylation is 1. The van der Waals surface area contributed by atoms with Gasteiger partial charge in [0.25, 0.3) is 0 Å². The molecule has 0 aromatic heterocycles. The molecule has 4 rings (SSSR count). The van der Waals surface area contributed by atoms with Crippen molar-refractivity contribution in [1.29, 1.82) is 0 Å². The summed E-state index contributed by atoms with van der Waals surface area (Å²) in [4.78, 5) is 0. The number of ether oxygens (including phenoxy) is 1. The highest BCUT2D eigenvalue weighted by Crippen LogP contribution is 2.32. The lowest BCUT2D eigenvalue weighted by Gasteiger charge is -2.11. The second-order valence-corrected chi connectivity index (χ2v) is 6.88. The highest BCUT2D eigenvalue weighted by Gasteiger charge is 2.30. The summed E-state index contributed by atoms with van der Waals surface area (Å²) in [5, 5.41) is 4.70. The number of hydrogen-bond donors (Lipinski definition) is 0. The van der Waals surface area contributed by atoms with Crippen molar-refractivity contribution in [2.45, 2.75) is 26.1 Å². The molecule has 0 radical (unpaired) electrons. The van der Waals surface area contributed by atoms with Crippen molar-refractivity contribution < 1.29 is 17.9 Å². The largest absolute Gasteiger partial charge is 0.573 e. The summed E-state index contributed by atoms with van der Waals surface area (Å²) < 4.78 is 40.9. The first kappa shape index (κ1) is 18.4. The zero-order valence-electron chi connectivity index (χ0n) is 15.4. The quantitative estimate of drug-likeness (QED) is 0.333. The summed E-state index contributed by atoms with van der Waals surface area (Å²) in [5.41, 5.74) is 3.13. The molecule has 0 aliphatic carbocycles. The van der Waals surface area contributed by atoms with E-state index in [1.54, 1.807) is 12.1 Å². The Labute approximate surface area is 161 Å². The van der Waals surface area contributed by atoms with Crippen molar-refractivity contribution in [3.8, 4) is 16.9 Å². The highest BCUT2D eigenvalue weighted by atomic mass is 19.4. The second kappa shape index (κ2) is 7.19. The van der Waals surface area contributed by atoms with Gasteiger partial charge in [0, 0.05) is 0 Å². The van der Waals surface area contributed by atoms with E-state index in [0.717, 1.165) is 29.4 Å². The van der Waals surface area contributed by atoms with E-state index in [1.165, 1.54) is 33.9 Å². The predicted octanol–water partition coefficient (Wildman–Crippen LogP) is 7.51. The number of halogens is 3. The van der Waals surface area contributed by atoms with E-state index < -0.39 is 6.36 Å². The third kappa shape index (κ3) is 3.81. The normalized spacial score (nSPS) is 11.9. The number of benzene rings is 4. The molecule has 0 amide bonds. The number of fused-ring (bicyclic) bond motifs is 3. The zero-order chi connectivity index (χ0) is 19.7. The molecule has 0 unspecified atom stereocenters. The molecule has 0 saturated carbocycles. The summed E-state index contributed by atoms with van der Waals surface area (Å²) in [6, 6.07) is 22.9. The summed E-state index contributed by atoms with van der Waals surface area (Å²) in [5.74, 6) is -0.217. The number of hydrogen-bond acceptors (Lipinski definition) is 1. The fraction of sp³-hybridized carbons (Fsp3) is 0.167. The third-order valence-electron chi connectivity index (χ3n) is 4.86. The fourth-order valence-electron chi connectivity index (χ4n) is 3.59. The SMILES string of the molecule is CCCc1ccc2c(ccc3cc(-c4ccc(OC(F)(F)F)cc4)ccc32)c1. The van der Waals surface area contributed by atoms with Crippen LogP contribution in [0.25, 0.3) is 32.7 Å². The van der Waals surface area contributed by atoms with Crippen LogP contribution in [0.3, 0.4) is 0 Å². The van der Waals surface area contributed by atoms with Gasteiger partial charge >= 0.3 is 6.36 Å². The highest BCUT2D eigenvalue weighted by molar-refractivity contribution is 6.08. The average molecular weight is 380 g/mol. The van der Waals surface area contributed by atoms with Gasteiger partial charge in [0.15, 0.2) is 0 Å². The average Bonchev–Trinajstić information content (AvgIpc) is 2.67. The minimum atomic E-state index is -4.68. The van der Waals surface area contributed by atoms with Crippen LogP contribution < -0.4 is 4.74 Å². The summed E-state index contributed by atoms with van der Waals surface area (Å²) in [7, 11) is 0. The van der Waals surface area contributed by atoms with Crippen molar-refractivity contribution in [3.63, 3.8) is 0 Å². The van der Waals surface area contributed by atoms with Crippen LogP contribution in [0.15, 0.2) is 72.8 Å². The van der Waals surface area contributed by atoms with Gasteiger partial charge in [-0.1, -0.05) is 67.9 Å². The Morgan fingerprint density at radius 2 is 1.32 bits per heavy atom. The van der Waals surface area contributed by atoms with Crippen molar-refractivity contribution in [1.82, 2.24) is 0 Å². The number of alkyl halides is 3. The molecule has 0 aliphatic heterocycles. The van der Waals surface area contributed by atoms with Gasteiger partial charge in [-0.3, -0.25) is 0 Å².